The number of nitrogens with zero attached hydrogens (tertiary/aromatic N) is 5. The number of hydrogen-bond acceptors (Lipinski definition) is 9. The molecule has 1 N–H and O–H groups in total. The van der Waals surface area contributed by atoms with Gasteiger partial charge >= 0.3 is 11.4 Å². The van der Waals surface area contributed by atoms with E-state index in [9.17, 15) is 29.1 Å². The van der Waals surface area contributed by atoms with E-state index in [1.54, 1.807) is 38.2 Å². The summed E-state index contributed by atoms with van der Waals surface area (Å²) in [5.74, 6) is -0.268. The Bertz CT molecular complexity index is 2310. The van der Waals surface area contributed by atoms with E-state index in [1.165, 1.54) is 46.4 Å². The molecule has 0 bridgehead atoms. The van der Waals surface area contributed by atoms with Crippen molar-refractivity contribution in [2.45, 2.75) is 44.8 Å². The zero-order valence-corrected chi connectivity index (χ0v) is 26.1. The second-order valence-corrected chi connectivity index (χ2v) is 11.9. The summed E-state index contributed by atoms with van der Waals surface area (Å²) in [6.07, 6.45) is 3.22. The van der Waals surface area contributed by atoms with Crippen molar-refractivity contribution in [1.82, 2.24) is 23.5 Å². The van der Waals surface area contributed by atoms with Crippen molar-refractivity contribution in [1.29, 1.82) is 0 Å². The largest absolute Gasteiger partial charge is 0.508 e. The average molecular weight is 638 g/mol. The van der Waals surface area contributed by atoms with Gasteiger partial charge in [0.05, 0.1) is 37.8 Å². The molecule has 2 aromatic heterocycles. The second-order valence-electron chi connectivity index (χ2n) is 11.9. The lowest BCUT2D eigenvalue weighted by atomic mass is 9.68. The predicted molar refractivity (Wildman–Crippen MR) is 170 cm³/mol. The first kappa shape index (κ1) is 30.0. The number of carbonyl (C=O) groups excluding carboxylic acids is 2. The minimum atomic E-state index is -0.708. The Morgan fingerprint density at radius 2 is 1.68 bits per heavy atom. The normalized spacial score (nSPS) is 18.8. The van der Waals surface area contributed by atoms with Gasteiger partial charge in [0.1, 0.15) is 11.4 Å². The number of methoxy groups -OCH3 is 2. The van der Waals surface area contributed by atoms with E-state index in [2.05, 4.69) is 4.98 Å². The molecule has 13 heteroatoms. The van der Waals surface area contributed by atoms with E-state index in [1.807, 2.05) is 6.08 Å². The van der Waals surface area contributed by atoms with Crippen LogP contribution in [0.15, 0.2) is 85.2 Å². The lowest BCUT2D eigenvalue weighted by Gasteiger charge is -2.39. The van der Waals surface area contributed by atoms with Crippen LogP contribution in [-0.4, -0.2) is 54.4 Å². The highest BCUT2D eigenvalue weighted by atomic mass is 16.5. The Balaban J connectivity index is 1.28. The fourth-order valence-electron chi connectivity index (χ4n) is 7.01. The standard InChI is InChI=1S/C34H31N5O8/c1-17-13-26(41)21-14-24-20(29(30(21)31(17)42)18-5-7-19(40)8-6-18)9-12-38-33(44)37(34(45)39(24)38)11-10-22-32(43)36(2)25-16-28(47-4)27(46-3)15-23(25)35-22/h5-9,13,15-16,24,29,40H,10-12,14H2,1-4H3/t24-,29+/m1/s1. The summed E-state index contributed by atoms with van der Waals surface area (Å²) >= 11 is 0. The maximum atomic E-state index is 14.0. The van der Waals surface area contributed by atoms with Crippen molar-refractivity contribution in [2.24, 2.45) is 7.05 Å². The molecular weight excluding hydrogens is 606 g/mol. The highest BCUT2D eigenvalue weighted by molar-refractivity contribution is 6.23. The highest BCUT2D eigenvalue weighted by Gasteiger charge is 2.44. The van der Waals surface area contributed by atoms with Crippen molar-refractivity contribution < 1.29 is 24.2 Å². The molecule has 4 aromatic rings. The second kappa shape index (κ2) is 11.0. The molecule has 47 heavy (non-hydrogen) atoms. The molecule has 0 fully saturated rings. The van der Waals surface area contributed by atoms with Gasteiger partial charge in [-0.05, 0) is 36.3 Å². The van der Waals surface area contributed by atoms with Gasteiger partial charge in [-0.15, -0.1) is 0 Å². The molecule has 0 saturated heterocycles. The number of aryl methyl sites for hydroxylation is 2. The van der Waals surface area contributed by atoms with E-state index in [0.29, 0.717) is 44.8 Å². The Hall–Kier alpha value is -5.72. The number of phenolic OH excluding ortho intramolecular Hbond substituents is 1. The molecule has 0 radical (unpaired) electrons. The quantitative estimate of drug-likeness (QED) is 0.247. The lowest BCUT2D eigenvalue weighted by Crippen LogP contribution is -2.40. The molecule has 3 heterocycles. The van der Waals surface area contributed by atoms with E-state index in [0.717, 1.165) is 10.1 Å². The van der Waals surface area contributed by atoms with Gasteiger partial charge in [0, 0.05) is 61.2 Å². The number of ether oxygens (including phenoxy) is 2. The topological polar surface area (TPSA) is 157 Å². The Morgan fingerprint density at radius 1 is 0.979 bits per heavy atom. The number of aromatic hydroxyl groups is 1. The summed E-state index contributed by atoms with van der Waals surface area (Å²) in [6.45, 7) is 1.56. The van der Waals surface area contributed by atoms with Crippen LogP contribution >= 0.6 is 0 Å². The monoisotopic (exact) mass is 637 g/mol. The molecule has 2 atom stereocenters. The molecule has 1 aliphatic heterocycles. The maximum absolute atomic E-state index is 14.0. The summed E-state index contributed by atoms with van der Waals surface area (Å²) in [7, 11) is 4.60. The molecule has 2 aliphatic carbocycles. The summed E-state index contributed by atoms with van der Waals surface area (Å²) in [6, 6.07) is 9.02. The average Bonchev–Trinajstić information content (AvgIpc) is 3.32. The molecule has 3 aliphatic rings. The van der Waals surface area contributed by atoms with Crippen molar-refractivity contribution in [3.8, 4) is 17.2 Å². The van der Waals surface area contributed by atoms with Crippen LogP contribution in [0.1, 0.15) is 36.6 Å². The number of carbonyl (C=O) groups is 2. The third-order valence-electron chi connectivity index (χ3n) is 9.36. The van der Waals surface area contributed by atoms with Crippen LogP contribution in [0.4, 0.5) is 0 Å². The highest BCUT2D eigenvalue weighted by Crippen LogP contribution is 2.49. The van der Waals surface area contributed by atoms with E-state index >= 15 is 0 Å². The maximum Gasteiger partial charge on any atom is 0.347 e. The number of allylic oxidation sites excluding steroid dienone is 6. The third-order valence-corrected chi connectivity index (χ3v) is 9.36. The number of fused-ring (bicyclic) bond motifs is 4. The fourth-order valence-corrected chi connectivity index (χ4v) is 7.01. The number of Topliss-reactive ketones (excluding diaryl/α,β-unsaturated/α-hetero) is 1. The van der Waals surface area contributed by atoms with Gasteiger partial charge in [-0.1, -0.05) is 18.2 Å². The van der Waals surface area contributed by atoms with Crippen molar-refractivity contribution >= 4 is 22.6 Å². The number of ketones is 2. The SMILES string of the molecule is COc1cc2nc(CCn3c(=O)n4n(c3=O)[C@@H]3CC5=C(C(=O)C(C)=CC5=O)[C@@H](c5ccc(O)cc5)C3=CC4)c(=O)n(C)c2cc1OC. The van der Waals surface area contributed by atoms with Gasteiger partial charge in [0.15, 0.2) is 23.1 Å². The predicted octanol–water partition coefficient (Wildman–Crippen LogP) is 2.09. The third kappa shape index (κ3) is 4.52. The fraction of sp³-hybridized carbons (Fsp3) is 0.294. The van der Waals surface area contributed by atoms with Gasteiger partial charge < -0.3 is 19.1 Å². The molecular formula is C34H31N5O8. The van der Waals surface area contributed by atoms with Gasteiger partial charge in [0.25, 0.3) is 5.56 Å². The Morgan fingerprint density at radius 3 is 2.38 bits per heavy atom. The smallest absolute Gasteiger partial charge is 0.347 e. The minimum absolute atomic E-state index is 0.00354. The first-order valence-electron chi connectivity index (χ1n) is 15.1. The van der Waals surface area contributed by atoms with Gasteiger partial charge in [0.2, 0.25) is 0 Å². The molecule has 7 rings (SSSR count). The number of aromatic nitrogens is 5. The van der Waals surface area contributed by atoms with Crippen LogP contribution in [0.5, 0.6) is 17.2 Å². The van der Waals surface area contributed by atoms with Crippen molar-refractivity contribution in [3.63, 3.8) is 0 Å². The summed E-state index contributed by atoms with van der Waals surface area (Å²) < 4.78 is 16.0. The van der Waals surface area contributed by atoms with Crippen LogP contribution in [-0.2, 0) is 36.1 Å². The zero-order valence-electron chi connectivity index (χ0n) is 26.1. The number of phenols is 1. The first-order chi connectivity index (χ1) is 22.5. The molecule has 0 saturated carbocycles. The van der Waals surface area contributed by atoms with Gasteiger partial charge in [-0.25, -0.2) is 28.5 Å². The number of rotatable bonds is 6. The van der Waals surface area contributed by atoms with Crippen LogP contribution in [0, 0.1) is 0 Å². The molecule has 0 unspecified atom stereocenters. The molecule has 240 valence electrons. The molecule has 0 amide bonds. The van der Waals surface area contributed by atoms with Crippen LogP contribution in [0.25, 0.3) is 11.0 Å². The molecule has 13 nitrogen and oxygen atoms in total. The minimum Gasteiger partial charge on any atom is -0.508 e. The zero-order chi connectivity index (χ0) is 33.3. The van der Waals surface area contributed by atoms with E-state index < -0.39 is 23.3 Å². The van der Waals surface area contributed by atoms with Crippen LogP contribution in [0.2, 0.25) is 0 Å². The van der Waals surface area contributed by atoms with Gasteiger partial charge in [-0.3, -0.25) is 14.4 Å². The first-order valence-corrected chi connectivity index (χ1v) is 15.1. The summed E-state index contributed by atoms with van der Waals surface area (Å²) in [5.41, 5.74) is 2.05. The van der Waals surface area contributed by atoms with Crippen LogP contribution < -0.4 is 26.4 Å². The number of benzene rings is 2. The Labute approximate surface area is 266 Å². The van der Waals surface area contributed by atoms with Crippen molar-refractivity contribution in [3.05, 3.63) is 113 Å². The van der Waals surface area contributed by atoms with E-state index in [-0.39, 0.29) is 54.5 Å². The lowest BCUT2D eigenvalue weighted by molar-refractivity contribution is -0.116. The summed E-state index contributed by atoms with van der Waals surface area (Å²) in [4.78, 5) is 72.3. The van der Waals surface area contributed by atoms with E-state index in [4.69, 9.17) is 9.47 Å². The Kier molecular flexibility index (Phi) is 6.99. The molecule has 2 aromatic carbocycles. The van der Waals surface area contributed by atoms with Gasteiger partial charge in [-0.2, -0.15) is 0 Å². The van der Waals surface area contributed by atoms with Crippen molar-refractivity contribution in [2.75, 3.05) is 14.2 Å². The number of hydrogen-bond donors (Lipinski definition) is 1. The van der Waals surface area contributed by atoms with Crippen LogP contribution in [0.3, 0.4) is 0 Å². The summed E-state index contributed by atoms with van der Waals surface area (Å²) in [5, 5.41) is 9.94. The molecule has 0 spiro atoms.